The monoisotopic (exact) mass is 513 g/mol. The number of aliphatic hydroxyl groups excluding tert-OH is 1. The van der Waals surface area contributed by atoms with Crippen LogP contribution >= 0.6 is 23.1 Å². The molecule has 1 aromatic heterocycles. The van der Waals surface area contributed by atoms with E-state index < -0.39 is 6.10 Å². The first-order chi connectivity index (χ1) is 16.8. The van der Waals surface area contributed by atoms with Gasteiger partial charge in [-0.15, -0.1) is 23.1 Å². The SMILES string of the molecule is C[C@H](C(=O)N1CCN(C)CC1)C1CC[C@@]2(C)Cc3sc(CSc4ccccc4)nc3[C@@H](C)[C@@H]2[C@H]1O. The van der Waals surface area contributed by atoms with Crippen LogP contribution in [0.1, 0.15) is 55.1 Å². The molecule has 0 radical (unpaired) electrons. The first kappa shape index (κ1) is 25.2. The largest absolute Gasteiger partial charge is 0.392 e. The van der Waals surface area contributed by atoms with Crippen LogP contribution in [0.2, 0.25) is 0 Å². The summed E-state index contributed by atoms with van der Waals surface area (Å²) in [5.74, 6) is 1.35. The highest BCUT2D eigenvalue weighted by Gasteiger charge is 2.54. The van der Waals surface area contributed by atoms with Crippen molar-refractivity contribution in [2.75, 3.05) is 33.2 Å². The lowest BCUT2D eigenvalue weighted by Gasteiger charge is -2.53. The van der Waals surface area contributed by atoms with Crippen LogP contribution in [-0.2, 0) is 17.0 Å². The average Bonchev–Trinajstić information content (AvgIpc) is 3.25. The molecule has 35 heavy (non-hydrogen) atoms. The Morgan fingerprint density at radius 3 is 2.69 bits per heavy atom. The Morgan fingerprint density at radius 1 is 1.26 bits per heavy atom. The van der Waals surface area contributed by atoms with Gasteiger partial charge in [-0.05, 0) is 55.7 Å². The molecule has 1 saturated carbocycles. The van der Waals surface area contributed by atoms with Gasteiger partial charge in [-0.1, -0.05) is 39.0 Å². The summed E-state index contributed by atoms with van der Waals surface area (Å²) in [7, 11) is 2.11. The zero-order chi connectivity index (χ0) is 24.7. The molecule has 2 aliphatic carbocycles. The molecule has 3 aliphatic rings. The fraction of sp³-hybridized carbons (Fsp3) is 0.643. The highest BCUT2D eigenvalue weighted by Crippen LogP contribution is 2.57. The Bertz CT molecular complexity index is 1040. The van der Waals surface area contributed by atoms with E-state index in [1.807, 2.05) is 28.0 Å². The third kappa shape index (κ3) is 4.94. The molecule has 2 heterocycles. The molecule has 5 nitrogen and oxygen atoms in total. The van der Waals surface area contributed by atoms with Gasteiger partial charge in [-0.2, -0.15) is 0 Å². The molecule has 6 atom stereocenters. The normalized spacial score (nSPS) is 32.1. The number of likely N-dealkylation sites (N-methyl/N-ethyl adjacent to an activating group) is 1. The molecule has 1 N–H and O–H groups in total. The molecule has 1 saturated heterocycles. The van der Waals surface area contributed by atoms with E-state index >= 15 is 0 Å². The summed E-state index contributed by atoms with van der Waals surface area (Å²) in [4.78, 5) is 25.4. The standard InChI is InChI=1S/C28H39N3O2S2/c1-18(27(33)31-14-12-30(4)13-15-31)21-10-11-28(3)16-22-25(19(2)24(28)26(21)32)29-23(35-22)17-34-20-8-6-5-7-9-20/h5-9,18-19,21,24,26,32H,10-17H2,1-4H3/t18-,19-,21?,24+,26-,28-/m0/s1. The minimum atomic E-state index is -0.466. The van der Waals surface area contributed by atoms with Crippen molar-refractivity contribution in [2.24, 2.45) is 23.2 Å². The van der Waals surface area contributed by atoms with Gasteiger partial charge >= 0.3 is 0 Å². The molecule has 2 aromatic rings. The second-order valence-corrected chi connectivity index (χ2v) is 13.5. The highest BCUT2D eigenvalue weighted by molar-refractivity contribution is 7.98. The molecule has 1 amide bonds. The molecule has 0 spiro atoms. The van der Waals surface area contributed by atoms with Crippen LogP contribution in [-0.4, -0.2) is 65.1 Å². The van der Waals surface area contributed by atoms with Crippen molar-refractivity contribution in [2.45, 2.75) is 62.7 Å². The number of thioether (sulfide) groups is 1. The van der Waals surface area contributed by atoms with Crippen molar-refractivity contribution in [3.05, 3.63) is 45.9 Å². The predicted octanol–water partition coefficient (Wildman–Crippen LogP) is 4.90. The number of hydrogen-bond acceptors (Lipinski definition) is 6. The molecule has 1 unspecified atom stereocenters. The Balaban J connectivity index is 1.30. The van der Waals surface area contributed by atoms with E-state index in [0.717, 1.165) is 51.2 Å². The second kappa shape index (κ2) is 10.2. The van der Waals surface area contributed by atoms with E-state index in [9.17, 15) is 9.90 Å². The zero-order valence-corrected chi connectivity index (χ0v) is 23.1. The first-order valence-corrected chi connectivity index (χ1v) is 14.9. The Morgan fingerprint density at radius 2 is 1.97 bits per heavy atom. The molecule has 1 aliphatic heterocycles. The third-order valence-corrected chi connectivity index (χ3v) is 11.2. The van der Waals surface area contributed by atoms with E-state index in [0.29, 0.717) is 0 Å². The molecule has 0 bridgehead atoms. The summed E-state index contributed by atoms with van der Waals surface area (Å²) in [5, 5.41) is 12.9. The zero-order valence-electron chi connectivity index (χ0n) is 21.4. The first-order valence-electron chi connectivity index (χ1n) is 13.1. The smallest absolute Gasteiger partial charge is 0.225 e. The number of amides is 1. The molecule has 5 rings (SSSR count). The Labute approximate surface area is 218 Å². The van der Waals surface area contributed by atoms with Gasteiger partial charge in [0.15, 0.2) is 0 Å². The van der Waals surface area contributed by atoms with Gasteiger partial charge in [0.1, 0.15) is 5.01 Å². The number of aromatic nitrogens is 1. The summed E-state index contributed by atoms with van der Waals surface area (Å²) in [6.07, 6.45) is 2.52. The topological polar surface area (TPSA) is 56.7 Å². The van der Waals surface area contributed by atoms with Crippen LogP contribution in [0.3, 0.4) is 0 Å². The predicted molar refractivity (Wildman–Crippen MR) is 144 cm³/mol. The number of carbonyl (C=O) groups excluding carboxylic acids is 1. The Hall–Kier alpha value is -1.41. The minimum Gasteiger partial charge on any atom is -0.392 e. The number of nitrogens with zero attached hydrogens (tertiary/aromatic N) is 3. The van der Waals surface area contributed by atoms with Crippen LogP contribution in [0, 0.1) is 23.2 Å². The fourth-order valence-electron chi connectivity index (χ4n) is 6.82. The van der Waals surface area contributed by atoms with Gasteiger partial charge < -0.3 is 14.9 Å². The summed E-state index contributed by atoms with van der Waals surface area (Å²) < 4.78 is 0. The van der Waals surface area contributed by atoms with Crippen molar-refractivity contribution >= 4 is 29.0 Å². The molecule has 2 fully saturated rings. The van der Waals surface area contributed by atoms with Crippen molar-refractivity contribution in [3.63, 3.8) is 0 Å². The van der Waals surface area contributed by atoms with Crippen molar-refractivity contribution in [1.82, 2.24) is 14.8 Å². The molecule has 1 aromatic carbocycles. The summed E-state index contributed by atoms with van der Waals surface area (Å²) in [6.45, 7) is 10.1. The molecule has 7 heteroatoms. The lowest BCUT2D eigenvalue weighted by molar-refractivity contribution is -0.146. The number of rotatable bonds is 5. The number of benzene rings is 1. The quantitative estimate of drug-likeness (QED) is 0.577. The van der Waals surface area contributed by atoms with Crippen molar-refractivity contribution in [1.29, 1.82) is 0 Å². The second-order valence-electron chi connectivity index (χ2n) is 11.3. The number of fused-ring (bicyclic) bond motifs is 2. The van der Waals surface area contributed by atoms with E-state index in [1.165, 1.54) is 20.5 Å². The van der Waals surface area contributed by atoms with Crippen LogP contribution in [0.25, 0.3) is 0 Å². The van der Waals surface area contributed by atoms with Crippen LogP contribution in [0.4, 0.5) is 0 Å². The van der Waals surface area contributed by atoms with E-state index in [4.69, 9.17) is 4.98 Å². The Kier molecular flexibility index (Phi) is 7.33. The van der Waals surface area contributed by atoms with Crippen LogP contribution < -0.4 is 0 Å². The van der Waals surface area contributed by atoms with Gasteiger partial charge in [0.05, 0.1) is 17.6 Å². The minimum absolute atomic E-state index is 0.0240. The summed E-state index contributed by atoms with van der Waals surface area (Å²) in [5.41, 5.74) is 1.26. The molecule has 190 valence electrons. The lowest BCUT2D eigenvalue weighted by atomic mass is 9.53. The van der Waals surface area contributed by atoms with Crippen LogP contribution in [0.15, 0.2) is 35.2 Å². The number of aliphatic hydroxyl groups is 1. The molecular weight excluding hydrogens is 474 g/mol. The van der Waals surface area contributed by atoms with Crippen LogP contribution in [0.5, 0.6) is 0 Å². The van der Waals surface area contributed by atoms with Crippen molar-refractivity contribution < 1.29 is 9.90 Å². The van der Waals surface area contributed by atoms with E-state index in [1.54, 1.807) is 0 Å². The average molecular weight is 514 g/mol. The maximum atomic E-state index is 13.3. The van der Waals surface area contributed by atoms with Gasteiger partial charge in [0, 0.05) is 47.8 Å². The fourth-order valence-corrected chi connectivity index (χ4v) is 9.10. The van der Waals surface area contributed by atoms with Gasteiger partial charge in [0.25, 0.3) is 0 Å². The highest BCUT2D eigenvalue weighted by atomic mass is 32.2. The number of piperazine rings is 1. The van der Waals surface area contributed by atoms with Gasteiger partial charge in [-0.3, -0.25) is 4.79 Å². The van der Waals surface area contributed by atoms with Crippen molar-refractivity contribution in [3.8, 4) is 0 Å². The maximum absolute atomic E-state index is 13.3. The number of carbonyl (C=O) groups is 1. The molecular formula is C28H39N3O2S2. The maximum Gasteiger partial charge on any atom is 0.225 e. The summed E-state index contributed by atoms with van der Waals surface area (Å²) >= 11 is 3.70. The summed E-state index contributed by atoms with van der Waals surface area (Å²) in [6, 6.07) is 10.5. The van der Waals surface area contributed by atoms with Gasteiger partial charge in [0.2, 0.25) is 5.91 Å². The lowest BCUT2D eigenvalue weighted by Crippen LogP contribution is -2.55. The van der Waals surface area contributed by atoms with E-state index in [2.05, 4.69) is 63.1 Å². The number of thiazole rings is 1. The third-order valence-electron chi connectivity index (χ3n) is 8.92. The van der Waals surface area contributed by atoms with Gasteiger partial charge in [-0.25, -0.2) is 4.98 Å². The number of hydrogen-bond donors (Lipinski definition) is 1. The van der Waals surface area contributed by atoms with E-state index in [-0.39, 0.29) is 35.0 Å².